The van der Waals surface area contributed by atoms with E-state index in [0.717, 1.165) is 10.0 Å². The molecular weight excluding hydrogens is 478 g/mol. The molecule has 2 aromatic rings. The van der Waals surface area contributed by atoms with Crippen molar-refractivity contribution in [3.63, 3.8) is 0 Å². The molecule has 1 unspecified atom stereocenters. The predicted octanol–water partition coefficient (Wildman–Crippen LogP) is 6.50. The van der Waals surface area contributed by atoms with Crippen LogP contribution in [0.25, 0.3) is 0 Å². The standard InChI is InChI=1S/C14H9Br3ClFO/c1-20-14-9(5-7(18)6-11(14)16)12(17)8-3-2-4-10(15)13(8)19/h2-6,12H,1H3. The summed E-state index contributed by atoms with van der Waals surface area (Å²) in [6.45, 7) is 0. The Morgan fingerprint density at radius 1 is 1.15 bits per heavy atom. The third-order valence-electron chi connectivity index (χ3n) is 2.77. The van der Waals surface area contributed by atoms with Gasteiger partial charge < -0.3 is 4.74 Å². The zero-order chi connectivity index (χ0) is 14.9. The van der Waals surface area contributed by atoms with Gasteiger partial charge in [-0.15, -0.1) is 0 Å². The Balaban J connectivity index is 2.58. The predicted molar refractivity (Wildman–Crippen MR) is 90.6 cm³/mol. The van der Waals surface area contributed by atoms with Crippen molar-refractivity contribution in [1.29, 1.82) is 0 Å². The molecule has 106 valence electrons. The lowest BCUT2D eigenvalue weighted by Crippen LogP contribution is -2.01. The van der Waals surface area contributed by atoms with Crippen LogP contribution in [0.3, 0.4) is 0 Å². The first-order chi connectivity index (χ1) is 9.45. The summed E-state index contributed by atoms with van der Waals surface area (Å²) < 4.78 is 20.7. The van der Waals surface area contributed by atoms with Crippen LogP contribution in [0.2, 0.25) is 5.02 Å². The van der Waals surface area contributed by atoms with Crippen LogP contribution in [0.5, 0.6) is 5.75 Å². The molecule has 0 saturated carbocycles. The van der Waals surface area contributed by atoms with E-state index in [-0.39, 0.29) is 10.6 Å². The Morgan fingerprint density at radius 2 is 1.85 bits per heavy atom. The van der Waals surface area contributed by atoms with E-state index in [1.54, 1.807) is 37.4 Å². The molecular formula is C14H9Br3ClFO. The third-order valence-corrected chi connectivity index (χ3v) is 5.18. The van der Waals surface area contributed by atoms with Crippen LogP contribution in [0.1, 0.15) is 16.0 Å². The van der Waals surface area contributed by atoms with Gasteiger partial charge in [0.15, 0.2) is 0 Å². The van der Waals surface area contributed by atoms with E-state index >= 15 is 0 Å². The lowest BCUT2D eigenvalue weighted by atomic mass is 10.0. The molecule has 0 radical (unpaired) electrons. The summed E-state index contributed by atoms with van der Waals surface area (Å²) in [6.07, 6.45) is 0. The summed E-state index contributed by atoms with van der Waals surface area (Å²) in [5.74, 6) is 0.308. The molecule has 0 bridgehead atoms. The second-order valence-electron chi connectivity index (χ2n) is 4.02. The minimum atomic E-state index is -0.370. The van der Waals surface area contributed by atoms with Crippen LogP contribution in [0.15, 0.2) is 39.3 Å². The highest BCUT2D eigenvalue weighted by Gasteiger charge is 2.22. The van der Waals surface area contributed by atoms with E-state index in [9.17, 15) is 4.39 Å². The number of rotatable bonds is 3. The van der Waals surface area contributed by atoms with Gasteiger partial charge in [-0.05, 0) is 50.1 Å². The van der Waals surface area contributed by atoms with Crippen molar-refractivity contribution in [3.8, 4) is 5.75 Å². The maximum Gasteiger partial charge on any atom is 0.142 e. The molecule has 0 amide bonds. The summed E-state index contributed by atoms with van der Waals surface area (Å²) in [4.78, 5) is -0.370. The first-order valence-corrected chi connectivity index (χ1v) is 8.44. The first-order valence-electron chi connectivity index (χ1n) is 5.56. The van der Waals surface area contributed by atoms with E-state index in [0.29, 0.717) is 20.8 Å². The number of alkyl halides is 1. The van der Waals surface area contributed by atoms with Gasteiger partial charge >= 0.3 is 0 Å². The summed E-state index contributed by atoms with van der Waals surface area (Å²) >= 11 is 16.2. The fourth-order valence-corrected chi connectivity index (χ4v) is 3.94. The molecule has 20 heavy (non-hydrogen) atoms. The van der Waals surface area contributed by atoms with E-state index < -0.39 is 0 Å². The fourth-order valence-electron chi connectivity index (χ4n) is 1.87. The molecule has 0 aliphatic heterocycles. The summed E-state index contributed by atoms with van der Waals surface area (Å²) in [6, 6.07) is 8.64. The van der Waals surface area contributed by atoms with Crippen molar-refractivity contribution in [2.45, 2.75) is 4.83 Å². The Labute approximate surface area is 146 Å². The maximum atomic E-state index is 14.2. The molecule has 6 heteroatoms. The molecule has 0 aromatic heterocycles. The number of methoxy groups -OCH3 is 1. The molecule has 0 saturated heterocycles. The topological polar surface area (TPSA) is 9.23 Å². The number of benzene rings is 2. The summed E-state index contributed by atoms with van der Waals surface area (Å²) in [7, 11) is 1.56. The fraction of sp³-hybridized carbons (Fsp3) is 0.143. The molecule has 2 aromatic carbocycles. The SMILES string of the molecule is COc1c(Br)cc(Cl)cc1C(Br)c1cccc(Br)c1F. The molecule has 2 rings (SSSR count). The number of halogens is 5. The van der Waals surface area contributed by atoms with Gasteiger partial charge in [-0.25, -0.2) is 4.39 Å². The minimum absolute atomic E-state index is 0.312. The number of ether oxygens (including phenoxy) is 1. The Hall–Kier alpha value is -0.100. The summed E-state index contributed by atoms with van der Waals surface area (Å²) in [5, 5.41) is 0.549. The lowest BCUT2D eigenvalue weighted by molar-refractivity contribution is 0.407. The normalized spacial score (nSPS) is 12.3. The Bertz CT molecular complexity index is 649. The van der Waals surface area contributed by atoms with E-state index in [1.165, 1.54) is 0 Å². The highest BCUT2D eigenvalue weighted by Crippen LogP contribution is 2.43. The molecule has 0 aliphatic rings. The summed E-state index contributed by atoms with van der Waals surface area (Å²) in [5.41, 5.74) is 1.26. The zero-order valence-corrected chi connectivity index (χ0v) is 15.8. The van der Waals surface area contributed by atoms with Crippen LogP contribution < -0.4 is 4.74 Å². The highest BCUT2D eigenvalue weighted by molar-refractivity contribution is 9.11. The van der Waals surface area contributed by atoms with Crippen molar-refractivity contribution in [3.05, 3.63) is 61.2 Å². The molecule has 0 heterocycles. The van der Waals surface area contributed by atoms with Gasteiger partial charge in [-0.3, -0.25) is 0 Å². The Morgan fingerprint density at radius 3 is 2.50 bits per heavy atom. The molecule has 1 atom stereocenters. The van der Waals surface area contributed by atoms with Crippen LogP contribution in [-0.2, 0) is 0 Å². The van der Waals surface area contributed by atoms with Crippen molar-refractivity contribution >= 4 is 59.4 Å². The minimum Gasteiger partial charge on any atom is -0.495 e. The van der Waals surface area contributed by atoms with Gasteiger partial charge in [0.05, 0.1) is 20.9 Å². The average Bonchev–Trinajstić information content (AvgIpc) is 2.40. The molecule has 0 N–H and O–H groups in total. The monoisotopic (exact) mass is 484 g/mol. The quantitative estimate of drug-likeness (QED) is 0.450. The number of hydrogen-bond acceptors (Lipinski definition) is 1. The van der Waals surface area contributed by atoms with Crippen molar-refractivity contribution in [2.75, 3.05) is 7.11 Å². The average molecular weight is 487 g/mol. The number of hydrogen-bond donors (Lipinski definition) is 0. The second-order valence-corrected chi connectivity index (χ2v) is 7.08. The van der Waals surface area contributed by atoms with E-state index in [1.807, 2.05) is 0 Å². The van der Waals surface area contributed by atoms with E-state index in [4.69, 9.17) is 16.3 Å². The van der Waals surface area contributed by atoms with Gasteiger partial charge in [-0.2, -0.15) is 0 Å². The van der Waals surface area contributed by atoms with Gasteiger partial charge in [0.25, 0.3) is 0 Å². The first kappa shape index (κ1) is 16.3. The van der Waals surface area contributed by atoms with Gasteiger partial charge in [0.2, 0.25) is 0 Å². The molecule has 0 spiro atoms. The van der Waals surface area contributed by atoms with Gasteiger partial charge in [0, 0.05) is 16.1 Å². The third kappa shape index (κ3) is 3.21. The van der Waals surface area contributed by atoms with E-state index in [2.05, 4.69) is 47.8 Å². The maximum absolute atomic E-state index is 14.2. The largest absolute Gasteiger partial charge is 0.495 e. The van der Waals surface area contributed by atoms with Crippen molar-refractivity contribution in [1.82, 2.24) is 0 Å². The van der Waals surface area contributed by atoms with Gasteiger partial charge in [-0.1, -0.05) is 39.7 Å². The Kier molecular flexibility index (Phi) is 5.51. The molecule has 0 aliphatic carbocycles. The lowest BCUT2D eigenvalue weighted by Gasteiger charge is -2.17. The smallest absolute Gasteiger partial charge is 0.142 e. The zero-order valence-electron chi connectivity index (χ0n) is 10.3. The van der Waals surface area contributed by atoms with Crippen LogP contribution in [-0.4, -0.2) is 7.11 Å². The van der Waals surface area contributed by atoms with Gasteiger partial charge in [0.1, 0.15) is 11.6 Å². The molecule has 1 nitrogen and oxygen atoms in total. The highest BCUT2D eigenvalue weighted by atomic mass is 79.9. The van der Waals surface area contributed by atoms with Crippen LogP contribution >= 0.6 is 59.4 Å². The van der Waals surface area contributed by atoms with Crippen molar-refractivity contribution in [2.24, 2.45) is 0 Å². The van der Waals surface area contributed by atoms with Crippen LogP contribution in [0, 0.1) is 5.82 Å². The molecule has 0 fully saturated rings. The second kappa shape index (κ2) is 6.77. The van der Waals surface area contributed by atoms with Crippen molar-refractivity contribution < 1.29 is 9.13 Å². The van der Waals surface area contributed by atoms with Crippen LogP contribution in [0.4, 0.5) is 4.39 Å².